The van der Waals surface area contributed by atoms with E-state index in [4.69, 9.17) is 0 Å². The summed E-state index contributed by atoms with van der Waals surface area (Å²) >= 11 is 0. The second kappa shape index (κ2) is 13.4. The lowest BCUT2D eigenvalue weighted by Crippen LogP contribution is -2.50. The van der Waals surface area contributed by atoms with Crippen LogP contribution in [0.2, 0.25) is 0 Å². The van der Waals surface area contributed by atoms with Gasteiger partial charge in [0, 0.05) is 0 Å². The van der Waals surface area contributed by atoms with Gasteiger partial charge in [-0.15, -0.1) is 0 Å². The molecule has 0 heterocycles. The lowest BCUT2D eigenvalue weighted by Gasteiger charge is -2.39. The fraction of sp³-hybridized carbons (Fsp3) is 1.00. The first-order valence-corrected chi connectivity index (χ1v) is 8.09. The second-order valence-electron chi connectivity index (χ2n) is 5.65. The minimum atomic E-state index is 0. The van der Waals surface area contributed by atoms with E-state index in [1.54, 1.807) is 0 Å². The fourth-order valence-electron chi connectivity index (χ4n) is 2.64. The quantitative estimate of drug-likeness (QED) is 0.469. The van der Waals surface area contributed by atoms with Gasteiger partial charge in [-0.05, 0) is 25.7 Å². The van der Waals surface area contributed by atoms with Crippen LogP contribution in [0.1, 0.15) is 80.5 Å². The van der Waals surface area contributed by atoms with E-state index in [9.17, 15) is 0 Å². The molecule has 0 aromatic rings. The largest absolute Gasteiger partial charge is 1.00 e. The molecule has 18 heavy (non-hydrogen) atoms. The molecule has 0 bridgehead atoms. The molecule has 2 N–H and O–H groups in total. The monoisotopic (exact) mass is 261 g/mol. The van der Waals surface area contributed by atoms with Gasteiger partial charge in [-0.3, -0.25) is 0 Å². The fourth-order valence-corrected chi connectivity index (χ4v) is 2.64. The van der Waals surface area contributed by atoms with Crippen LogP contribution in [-0.2, 0) is 0 Å². The van der Waals surface area contributed by atoms with E-state index >= 15 is 0 Å². The molecule has 0 spiro atoms. The molecule has 0 saturated heterocycles. The molecule has 0 amide bonds. The molecule has 0 aromatic carbocycles. The summed E-state index contributed by atoms with van der Waals surface area (Å²) in [7, 11) is 0. The van der Waals surface area contributed by atoms with Gasteiger partial charge in [0.25, 0.3) is 0 Å². The smallest absolute Gasteiger partial charge is 0.412 e. The third-order valence-corrected chi connectivity index (χ3v) is 3.94. The first kappa shape index (κ1) is 20.2. The highest BCUT2D eigenvalue weighted by Crippen LogP contribution is 2.16. The molecule has 0 unspecified atom stereocenters. The number of unbranched alkanes of at least 4 members (excludes halogenated alkanes) is 4. The van der Waals surface area contributed by atoms with Crippen molar-refractivity contribution in [2.75, 3.05) is 26.2 Å². The van der Waals surface area contributed by atoms with Crippen LogP contribution in [0.4, 0.5) is 0 Å². The Kier molecular flexibility index (Phi) is 15.0. The summed E-state index contributed by atoms with van der Waals surface area (Å²) in [6.07, 6.45) is 11.1. The average molecular weight is 261 g/mol. The Labute approximate surface area is 117 Å². The van der Waals surface area contributed by atoms with Crippen LogP contribution in [0.15, 0.2) is 0 Å². The Bertz CT molecular complexity index is 127. The van der Waals surface area contributed by atoms with Crippen LogP contribution in [0.5, 0.6) is 0 Å². The van der Waals surface area contributed by atoms with Crippen molar-refractivity contribution >= 4 is 0 Å². The van der Waals surface area contributed by atoms with Gasteiger partial charge >= 0.3 is 1.43 Å². The van der Waals surface area contributed by atoms with E-state index in [2.05, 4.69) is 27.7 Å². The van der Waals surface area contributed by atoms with Gasteiger partial charge in [-0.1, -0.05) is 53.4 Å². The maximum Gasteiger partial charge on any atom is 1.00 e. The molecule has 0 atom stereocenters. The Morgan fingerprint density at radius 1 is 0.556 bits per heavy atom. The van der Waals surface area contributed by atoms with E-state index in [1.165, 1.54) is 82.0 Å². The minimum absolute atomic E-state index is 0. The summed E-state index contributed by atoms with van der Waals surface area (Å²) in [6, 6.07) is 0. The predicted octanol–water partition coefficient (Wildman–Crippen LogP) is 4.29. The predicted molar refractivity (Wildman–Crippen MR) is 84.1 cm³/mol. The molecule has 0 saturated carbocycles. The van der Waals surface area contributed by atoms with E-state index < -0.39 is 0 Å². The third-order valence-electron chi connectivity index (χ3n) is 3.94. The van der Waals surface area contributed by atoms with Gasteiger partial charge in [0.15, 0.2) is 0 Å². The van der Waals surface area contributed by atoms with E-state index in [-0.39, 0.29) is 6.90 Å². The topological polar surface area (TPSA) is 31.5 Å². The van der Waals surface area contributed by atoms with Crippen molar-refractivity contribution in [1.82, 2.24) is 0 Å². The number of rotatable bonds is 12. The summed E-state index contributed by atoms with van der Waals surface area (Å²) in [4.78, 5) is 0. The van der Waals surface area contributed by atoms with Gasteiger partial charge in [-0.25, -0.2) is 0 Å². The Hall–Kier alpha value is -0.0800. The van der Waals surface area contributed by atoms with Crippen LogP contribution in [0.25, 0.3) is 0 Å². The zero-order valence-corrected chi connectivity index (χ0v) is 13.4. The molecule has 0 aliphatic rings. The Morgan fingerprint density at radius 2 is 0.778 bits per heavy atom. The maximum atomic E-state index is 2.33. The highest BCUT2D eigenvalue weighted by molar-refractivity contribution is 4.49. The van der Waals surface area contributed by atoms with E-state index in [0.717, 1.165) is 0 Å². The van der Waals surface area contributed by atoms with Gasteiger partial charge < -0.3 is 9.96 Å². The summed E-state index contributed by atoms with van der Waals surface area (Å²) in [5, 5.41) is 0. The first-order chi connectivity index (χ1) is 8.24. The molecule has 0 aliphatic carbocycles. The molecule has 0 fully saturated rings. The van der Waals surface area contributed by atoms with Gasteiger partial charge in [0.05, 0.1) is 26.2 Å². The van der Waals surface area contributed by atoms with Gasteiger partial charge in [-0.2, -0.15) is 0 Å². The SMILES string of the molecule is CCCC[N+](CCCC)(CCCC)CCCC.O.[H+]. The lowest BCUT2D eigenvalue weighted by atomic mass is 10.1. The molecule has 0 radical (unpaired) electrons. The lowest BCUT2D eigenvalue weighted by molar-refractivity contribution is -0.929. The van der Waals surface area contributed by atoms with Crippen LogP contribution >= 0.6 is 0 Å². The summed E-state index contributed by atoms with van der Waals surface area (Å²) < 4.78 is 1.42. The molecular formula is C16H39NO+2. The zero-order valence-electron chi connectivity index (χ0n) is 14.4. The van der Waals surface area contributed by atoms with Crippen molar-refractivity contribution in [3.05, 3.63) is 0 Å². The summed E-state index contributed by atoms with van der Waals surface area (Å²) in [6.45, 7) is 15.0. The first-order valence-electron chi connectivity index (χ1n) is 8.09. The maximum absolute atomic E-state index is 2.33. The highest BCUT2D eigenvalue weighted by atomic mass is 16.0. The standard InChI is InChI=1S/C16H36N.H2O/c1-5-9-13-17(14-10-6-2,15-11-7-3)16-12-8-4;/h5-16H2,1-4H3;1H2/q+1;/p+1. The van der Waals surface area contributed by atoms with Crippen LogP contribution < -0.4 is 0 Å². The molecular weight excluding hydrogens is 222 g/mol. The summed E-state index contributed by atoms with van der Waals surface area (Å²) in [5.41, 5.74) is 0. The molecule has 112 valence electrons. The van der Waals surface area contributed by atoms with Crippen molar-refractivity contribution < 1.29 is 11.4 Å². The number of nitrogens with zero attached hydrogens (tertiary/aromatic N) is 1. The minimum Gasteiger partial charge on any atom is -0.412 e. The number of quaternary nitrogens is 1. The van der Waals surface area contributed by atoms with Gasteiger partial charge in [0.1, 0.15) is 0 Å². The van der Waals surface area contributed by atoms with Crippen molar-refractivity contribution in [2.45, 2.75) is 79.1 Å². The normalized spacial score (nSPS) is 11.3. The van der Waals surface area contributed by atoms with Crippen LogP contribution in [-0.4, -0.2) is 36.1 Å². The van der Waals surface area contributed by atoms with E-state index in [0.29, 0.717) is 0 Å². The number of hydrogen-bond donors (Lipinski definition) is 0. The molecule has 2 nitrogen and oxygen atoms in total. The van der Waals surface area contributed by atoms with Crippen molar-refractivity contribution in [3.63, 3.8) is 0 Å². The van der Waals surface area contributed by atoms with Crippen molar-refractivity contribution in [1.29, 1.82) is 0 Å². The zero-order chi connectivity index (χ0) is 13.0. The third kappa shape index (κ3) is 8.93. The van der Waals surface area contributed by atoms with Crippen LogP contribution in [0.3, 0.4) is 0 Å². The molecule has 0 rings (SSSR count). The van der Waals surface area contributed by atoms with Crippen molar-refractivity contribution in [2.24, 2.45) is 0 Å². The number of hydrogen-bond acceptors (Lipinski definition) is 0. The molecule has 0 aliphatic heterocycles. The van der Waals surface area contributed by atoms with E-state index in [1.807, 2.05) is 0 Å². The molecule has 2 heteroatoms. The second-order valence-corrected chi connectivity index (χ2v) is 5.65. The average Bonchev–Trinajstić information content (AvgIpc) is 2.37. The Balaban J connectivity index is -0.00000128. The van der Waals surface area contributed by atoms with Gasteiger partial charge in [0.2, 0.25) is 0 Å². The molecule has 0 aromatic heterocycles. The summed E-state index contributed by atoms with van der Waals surface area (Å²) in [5.74, 6) is 0. The Morgan fingerprint density at radius 3 is 0.944 bits per heavy atom. The van der Waals surface area contributed by atoms with Crippen LogP contribution in [0, 0.1) is 0 Å². The highest BCUT2D eigenvalue weighted by Gasteiger charge is 2.24. The van der Waals surface area contributed by atoms with Crippen molar-refractivity contribution in [3.8, 4) is 0 Å².